The minimum atomic E-state index is -0.232. The highest BCUT2D eigenvalue weighted by Crippen LogP contribution is 2.28. The highest BCUT2D eigenvalue weighted by atomic mass is 16.2. The molecule has 0 spiro atoms. The van der Waals surface area contributed by atoms with Crippen LogP contribution in [-0.2, 0) is 19.9 Å². The highest BCUT2D eigenvalue weighted by molar-refractivity contribution is 6.05. The molecule has 1 saturated carbocycles. The minimum absolute atomic E-state index is 0.205. The van der Waals surface area contributed by atoms with Crippen molar-refractivity contribution in [2.24, 2.45) is 7.05 Å². The van der Waals surface area contributed by atoms with Crippen molar-refractivity contribution in [2.45, 2.75) is 38.1 Å². The zero-order valence-electron chi connectivity index (χ0n) is 14.1. The smallest absolute Gasteiger partial charge is 0.319 e. The van der Waals surface area contributed by atoms with Gasteiger partial charge >= 0.3 is 6.03 Å². The molecule has 1 fully saturated rings. The Labute approximate surface area is 145 Å². The fourth-order valence-electron chi connectivity index (χ4n) is 3.17. The second-order valence-corrected chi connectivity index (χ2v) is 6.66. The van der Waals surface area contributed by atoms with Gasteiger partial charge in [0.25, 0.3) is 5.91 Å². The number of aryl methyl sites for hydroxylation is 2. The number of carbonyl (C=O) groups is 2. The van der Waals surface area contributed by atoms with E-state index in [9.17, 15) is 9.59 Å². The van der Waals surface area contributed by atoms with Gasteiger partial charge in [0.2, 0.25) is 0 Å². The van der Waals surface area contributed by atoms with E-state index in [0.717, 1.165) is 49.2 Å². The van der Waals surface area contributed by atoms with Crippen LogP contribution in [0.1, 0.15) is 40.9 Å². The van der Waals surface area contributed by atoms with Crippen LogP contribution in [0.15, 0.2) is 24.3 Å². The Morgan fingerprint density at radius 1 is 1.20 bits per heavy atom. The molecular formula is C18H21N5O2. The molecule has 3 amide bonds. The van der Waals surface area contributed by atoms with Crippen molar-refractivity contribution in [1.29, 1.82) is 0 Å². The van der Waals surface area contributed by atoms with Crippen molar-refractivity contribution < 1.29 is 9.59 Å². The molecule has 25 heavy (non-hydrogen) atoms. The number of amides is 3. The molecule has 3 N–H and O–H groups in total. The van der Waals surface area contributed by atoms with Gasteiger partial charge in [-0.2, -0.15) is 5.10 Å². The Bertz CT molecular complexity index is 838. The lowest BCUT2D eigenvalue weighted by atomic mass is 10.2. The largest absolute Gasteiger partial charge is 0.335 e. The first-order valence-electron chi connectivity index (χ1n) is 8.64. The number of nitrogens with one attached hydrogen (secondary N) is 3. The van der Waals surface area contributed by atoms with Crippen LogP contribution in [0, 0.1) is 0 Å². The van der Waals surface area contributed by atoms with E-state index in [1.807, 2.05) is 7.05 Å². The normalized spacial score (nSPS) is 15.6. The summed E-state index contributed by atoms with van der Waals surface area (Å²) in [5.41, 5.74) is 3.30. The van der Waals surface area contributed by atoms with Crippen LogP contribution in [0.25, 0.3) is 0 Å². The predicted molar refractivity (Wildman–Crippen MR) is 94.8 cm³/mol. The lowest BCUT2D eigenvalue weighted by Gasteiger charge is -2.10. The van der Waals surface area contributed by atoms with E-state index >= 15 is 0 Å². The number of fused-ring (bicyclic) bond motifs is 1. The second kappa shape index (κ2) is 6.23. The van der Waals surface area contributed by atoms with Crippen LogP contribution in [0.2, 0.25) is 0 Å². The summed E-state index contributed by atoms with van der Waals surface area (Å²) in [5.74, 6) is 0.561. The van der Waals surface area contributed by atoms with Crippen molar-refractivity contribution in [3.8, 4) is 0 Å². The molecule has 0 aliphatic heterocycles. The molecule has 130 valence electrons. The third-order valence-electron chi connectivity index (χ3n) is 4.60. The van der Waals surface area contributed by atoms with Gasteiger partial charge in [-0.1, -0.05) is 6.07 Å². The van der Waals surface area contributed by atoms with Gasteiger partial charge in [0.1, 0.15) is 5.82 Å². The van der Waals surface area contributed by atoms with E-state index in [-0.39, 0.29) is 11.9 Å². The van der Waals surface area contributed by atoms with Gasteiger partial charge in [0.15, 0.2) is 0 Å². The van der Waals surface area contributed by atoms with E-state index in [2.05, 4.69) is 21.0 Å². The van der Waals surface area contributed by atoms with Gasteiger partial charge in [-0.3, -0.25) is 9.48 Å². The van der Waals surface area contributed by atoms with Crippen molar-refractivity contribution in [1.82, 2.24) is 15.1 Å². The third-order valence-corrected chi connectivity index (χ3v) is 4.60. The second-order valence-electron chi connectivity index (χ2n) is 6.66. The molecule has 7 heteroatoms. The maximum absolute atomic E-state index is 12.6. The van der Waals surface area contributed by atoms with Crippen LogP contribution in [0.5, 0.6) is 0 Å². The molecule has 1 aromatic carbocycles. The molecule has 2 aliphatic rings. The van der Waals surface area contributed by atoms with Gasteiger partial charge < -0.3 is 16.0 Å². The molecule has 2 aromatic rings. The lowest BCUT2D eigenvalue weighted by Crippen LogP contribution is -2.30. The number of nitrogens with zero attached hydrogens (tertiary/aromatic N) is 2. The molecule has 2 aliphatic carbocycles. The van der Waals surface area contributed by atoms with Crippen molar-refractivity contribution >= 4 is 23.4 Å². The topological polar surface area (TPSA) is 88.1 Å². The van der Waals surface area contributed by atoms with Gasteiger partial charge in [-0.25, -0.2) is 4.79 Å². The number of anilines is 2. The Morgan fingerprint density at radius 2 is 2.04 bits per heavy atom. The molecule has 4 rings (SSSR count). The van der Waals surface area contributed by atoms with Crippen molar-refractivity contribution in [3.05, 3.63) is 41.1 Å². The summed E-state index contributed by atoms with van der Waals surface area (Å²) in [4.78, 5) is 24.4. The van der Waals surface area contributed by atoms with Crippen molar-refractivity contribution in [3.63, 3.8) is 0 Å². The average molecular weight is 339 g/mol. The minimum Gasteiger partial charge on any atom is -0.335 e. The van der Waals surface area contributed by atoms with Gasteiger partial charge in [0.05, 0.1) is 5.69 Å². The number of rotatable bonds is 4. The predicted octanol–water partition coefficient (Wildman–Crippen LogP) is 2.45. The summed E-state index contributed by atoms with van der Waals surface area (Å²) in [6.45, 7) is 0. The Balaban J connectivity index is 1.47. The summed E-state index contributed by atoms with van der Waals surface area (Å²) < 4.78 is 1.73. The zero-order chi connectivity index (χ0) is 17.4. The molecule has 1 aromatic heterocycles. The number of hydrogen-bond donors (Lipinski definition) is 3. The monoisotopic (exact) mass is 339 g/mol. The molecule has 1 heterocycles. The first-order valence-corrected chi connectivity index (χ1v) is 8.64. The van der Waals surface area contributed by atoms with E-state index in [4.69, 9.17) is 0 Å². The molecule has 0 atom stereocenters. The average Bonchev–Trinajstić information content (AvgIpc) is 3.19. The molecule has 0 unspecified atom stereocenters. The molecule has 7 nitrogen and oxygen atoms in total. The van der Waals surface area contributed by atoms with E-state index in [1.54, 1.807) is 28.9 Å². The summed E-state index contributed by atoms with van der Waals surface area (Å²) in [6, 6.07) is 7.00. The van der Waals surface area contributed by atoms with Crippen LogP contribution >= 0.6 is 0 Å². The summed E-state index contributed by atoms with van der Waals surface area (Å²) >= 11 is 0. The zero-order valence-corrected chi connectivity index (χ0v) is 14.1. The molecular weight excluding hydrogens is 318 g/mol. The van der Waals surface area contributed by atoms with E-state index in [1.165, 1.54) is 0 Å². The fourth-order valence-corrected chi connectivity index (χ4v) is 3.17. The van der Waals surface area contributed by atoms with Crippen molar-refractivity contribution in [2.75, 3.05) is 10.6 Å². The van der Waals surface area contributed by atoms with Gasteiger partial charge in [-0.15, -0.1) is 0 Å². The van der Waals surface area contributed by atoms with E-state index in [0.29, 0.717) is 17.3 Å². The number of aromatic nitrogens is 2. The highest BCUT2D eigenvalue weighted by Gasteiger charge is 2.24. The summed E-state index contributed by atoms with van der Waals surface area (Å²) in [7, 11) is 1.84. The third kappa shape index (κ3) is 3.35. The molecule has 0 bridgehead atoms. The SMILES string of the molecule is Cn1nc2c(c1NC(=O)c1cccc(NC(=O)NC3CC3)c1)CCC2. The van der Waals surface area contributed by atoms with Crippen LogP contribution < -0.4 is 16.0 Å². The van der Waals surface area contributed by atoms with Crippen LogP contribution in [-0.4, -0.2) is 27.8 Å². The first-order chi connectivity index (χ1) is 12.1. The quantitative estimate of drug-likeness (QED) is 0.799. The standard InChI is InChI=1S/C18H21N5O2/c1-23-16(14-6-3-7-15(14)22-23)21-17(24)11-4-2-5-13(10-11)20-18(25)19-12-8-9-12/h2,4-5,10,12H,3,6-9H2,1H3,(H,21,24)(H2,19,20,25). The van der Waals surface area contributed by atoms with E-state index < -0.39 is 0 Å². The van der Waals surface area contributed by atoms with Gasteiger partial charge in [-0.05, 0) is 50.3 Å². The number of hydrogen-bond acceptors (Lipinski definition) is 3. The fraction of sp³-hybridized carbons (Fsp3) is 0.389. The number of carbonyl (C=O) groups excluding carboxylic acids is 2. The number of urea groups is 1. The molecule has 0 saturated heterocycles. The van der Waals surface area contributed by atoms with Gasteiger partial charge in [0, 0.05) is 29.9 Å². The lowest BCUT2D eigenvalue weighted by molar-refractivity contribution is 0.102. The maximum Gasteiger partial charge on any atom is 0.319 e. The summed E-state index contributed by atoms with van der Waals surface area (Å²) in [5, 5.41) is 13.1. The Hall–Kier alpha value is -2.83. The molecule has 0 radical (unpaired) electrons. The maximum atomic E-state index is 12.6. The Kier molecular flexibility index (Phi) is 3.91. The van der Waals surface area contributed by atoms with Crippen LogP contribution in [0.3, 0.4) is 0 Å². The van der Waals surface area contributed by atoms with Crippen LogP contribution in [0.4, 0.5) is 16.3 Å². The summed E-state index contributed by atoms with van der Waals surface area (Å²) in [6.07, 6.45) is 5.06. The Morgan fingerprint density at radius 3 is 2.84 bits per heavy atom. The first kappa shape index (κ1) is 15.7. The number of benzene rings is 1.